The number of H-pyrrole nitrogens is 1. The van der Waals surface area contributed by atoms with Crippen molar-refractivity contribution in [1.82, 2.24) is 10.2 Å². The van der Waals surface area contributed by atoms with Crippen molar-refractivity contribution in [2.45, 2.75) is 0 Å². The first-order chi connectivity index (χ1) is 7.86. The second-order valence-electron chi connectivity index (χ2n) is 3.60. The van der Waals surface area contributed by atoms with Crippen molar-refractivity contribution in [3.05, 3.63) is 53.0 Å². The van der Waals surface area contributed by atoms with Crippen LogP contribution in [0.4, 0.5) is 0 Å². The number of rotatable bonds is 1. The van der Waals surface area contributed by atoms with E-state index in [1.807, 2.05) is 36.4 Å². The van der Waals surface area contributed by atoms with E-state index < -0.39 is 0 Å². The molecule has 0 amide bonds. The molecule has 0 atom stereocenters. The molecule has 0 fully saturated rings. The maximum atomic E-state index is 4.37. The van der Waals surface area contributed by atoms with Gasteiger partial charge in [-0.05, 0) is 12.1 Å². The Morgan fingerprint density at radius 2 is 1.75 bits per heavy atom. The van der Waals surface area contributed by atoms with E-state index in [9.17, 15) is 0 Å². The number of hydrogen-bond donors (Lipinski definition) is 1. The predicted octanol–water partition coefficient (Wildman–Crippen LogP) is 3.99. The van der Waals surface area contributed by atoms with Gasteiger partial charge in [-0.25, -0.2) is 0 Å². The van der Waals surface area contributed by atoms with Gasteiger partial charge in [-0.3, -0.25) is 5.10 Å². The van der Waals surface area contributed by atoms with E-state index in [1.54, 1.807) is 0 Å². The number of halogens is 1. The lowest BCUT2D eigenvalue weighted by molar-refractivity contribution is 1.12. The highest BCUT2D eigenvalue weighted by Gasteiger charge is 2.09. The van der Waals surface area contributed by atoms with Crippen LogP contribution in [0, 0.1) is 0 Å². The van der Waals surface area contributed by atoms with Crippen molar-refractivity contribution in [2.75, 3.05) is 0 Å². The van der Waals surface area contributed by atoms with Gasteiger partial charge in [0.25, 0.3) is 0 Å². The second-order valence-corrected chi connectivity index (χ2v) is 4.45. The molecule has 1 aromatic heterocycles. The van der Waals surface area contributed by atoms with Crippen LogP contribution in [-0.4, -0.2) is 10.2 Å². The lowest BCUT2D eigenvalue weighted by Gasteiger charge is -1.98. The molecule has 16 heavy (non-hydrogen) atoms. The molecule has 3 rings (SSSR count). The molecule has 78 valence electrons. The van der Waals surface area contributed by atoms with Gasteiger partial charge in [0.1, 0.15) is 5.69 Å². The van der Waals surface area contributed by atoms with E-state index in [-0.39, 0.29) is 0 Å². The SMILES string of the molecule is Brc1cccc2[nH]nc(-c3ccccc3)c12. The summed E-state index contributed by atoms with van der Waals surface area (Å²) in [5, 5.41) is 8.55. The average Bonchev–Trinajstić information content (AvgIpc) is 2.75. The lowest BCUT2D eigenvalue weighted by atomic mass is 10.1. The van der Waals surface area contributed by atoms with Gasteiger partial charge in [-0.1, -0.05) is 52.3 Å². The number of fused-ring (bicyclic) bond motifs is 1. The summed E-state index contributed by atoms with van der Waals surface area (Å²) in [5.41, 5.74) is 3.16. The Morgan fingerprint density at radius 3 is 2.56 bits per heavy atom. The maximum Gasteiger partial charge on any atom is 0.101 e. The van der Waals surface area contributed by atoms with Crippen LogP contribution in [0.3, 0.4) is 0 Å². The molecular formula is C13H9BrN2. The maximum absolute atomic E-state index is 4.37. The summed E-state index contributed by atoms with van der Waals surface area (Å²) < 4.78 is 1.07. The van der Waals surface area contributed by atoms with E-state index in [4.69, 9.17) is 0 Å². The van der Waals surface area contributed by atoms with Crippen LogP contribution in [0.15, 0.2) is 53.0 Å². The van der Waals surface area contributed by atoms with Crippen LogP contribution in [0.5, 0.6) is 0 Å². The zero-order valence-electron chi connectivity index (χ0n) is 8.44. The quantitative estimate of drug-likeness (QED) is 0.713. The van der Waals surface area contributed by atoms with Gasteiger partial charge in [0, 0.05) is 15.4 Å². The fraction of sp³-hybridized carbons (Fsp3) is 0. The monoisotopic (exact) mass is 272 g/mol. The van der Waals surface area contributed by atoms with Gasteiger partial charge >= 0.3 is 0 Å². The largest absolute Gasteiger partial charge is 0.277 e. The molecule has 2 nitrogen and oxygen atoms in total. The molecule has 0 radical (unpaired) electrons. The smallest absolute Gasteiger partial charge is 0.101 e. The van der Waals surface area contributed by atoms with E-state index in [0.29, 0.717) is 0 Å². The Labute approximate surface area is 101 Å². The molecule has 0 unspecified atom stereocenters. The summed E-state index contributed by atoms with van der Waals surface area (Å²) in [5.74, 6) is 0. The molecule has 0 saturated heterocycles. The third kappa shape index (κ3) is 1.44. The van der Waals surface area contributed by atoms with E-state index in [2.05, 4.69) is 38.3 Å². The Morgan fingerprint density at radius 1 is 0.938 bits per heavy atom. The fourth-order valence-corrected chi connectivity index (χ4v) is 2.39. The Hall–Kier alpha value is -1.61. The van der Waals surface area contributed by atoms with Crippen LogP contribution in [0.2, 0.25) is 0 Å². The number of aromatic nitrogens is 2. The normalized spacial score (nSPS) is 10.8. The molecule has 1 heterocycles. The molecule has 3 aromatic rings. The first kappa shape index (κ1) is 9.60. The van der Waals surface area contributed by atoms with Gasteiger partial charge in [-0.2, -0.15) is 5.10 Å². The first-order valence-corrected chi connectivity index (χ1v) is 5.83. The summed E-state index contributed by atoms with van der Waals surface area (Å²) in [7, 11) is 0. The van der Waals surface area contributed by atoms with Crippen molar-refractivity contribution < 1.29 is 0 Å². The zero-order valence-corrected chi connectivity index (χ0v) is 10.0. The molecule has 0 aliphatic heterocycles. The minimum Gasteiger partial charge on any atom is -0.277 e. The number of benzene rings is 2. The highest BCUT2D eigenvalue weighted by molar-refractivity contribution is 9.10. The van der Waals surface area contributed by atoms with E-state index >= 15 is 0 Å². The third-order valence-corrected chi connectivity index (χ3v) is 3.25. The number of hydrogen-bond acceptors (Lipinski definition) is 1. The third-order valence-electron chi connectivity index (χ3n) is 2.59. The summed E-state index contributed by atoms with van der Waals surface area (Å²) in [6, 6.07) is 16.2. The molecule has 1 N–H and O–H groups in total. The summed E-state index contributed by atoms with van der Waals surface area (Å²) >= 11 is 3.56. The molecule has 0 saturated carbocycles. The summed E-state index contributed by atoms with van der Waals surface area (Å²) in [6.45, 7) is 0. The Kier molecular flexibility index (Phi) is 2.26. The van der Waals surface area contributed by atoms with Crippen molar-refractivity contribution in [3.8, 4) is 11.3 Å². The van der Waals surface area contributed by atoms with Crippen LogP contribution in [-0.2, 0) is 0 Å². The standard InChI is InChI=1S/C13H9BrN2/c14-10-7-4-8-11-12(10)13(16-15-11)9-5-2-1-3-6-9/h1-8H,(H,15,16). The Bertz CT molecular complexity index is 629. The van der Waals surface area contributed by atoms with Gasteiger partial charge in [0.15, 0.2) is 0 Å². The van der Waals surface area contributed by atoms with E-state index in [1.165, 1.54) is 0 Å². The van der Waals surface area contributed by atoms with Gasteiger partial charge in [0.05, 0.1) is 5.52 Å². The van der Waals surface area contributed by atoms with Crippen LogP contribution < -0.4 is 0 Å². The fourth-order valence-electron chi connectivity index (χ4n) is 1.83. The lowest BCUT2D eigenvalue weighted by Crippen LogP contribution is -1.78. The Balaban J connectivity index is 2.33. The highest BCUT2D eigenvalue weighted by Crippen LogP contribution is 2.31. The van der Waals surface area contributed by atoms with Crippen LogP contribution >= 0.6 is 15.9 Å². The minimum absolute atomic E-state index is 0.989. The average molecular weight is 273 g/mol. The first-order valence-electron chi connectivity index (χ1n) is 5.04. The summed E-state index contributed by atoms with van der Waals surface area (Å²) in [6.07, 6.45) is 0. The predicted molar refractivity (Wildman–Crippen MR) is 69.2 cm³/mol. The van der Waals surface area contributed by atoms with Crippen molar-refractivity contribution in [3.63, 3.8) is 0 Å². The summed E-state index contributed by atoms with van der Waals surface area (Å²) in [4.78, 5) is 0. The van der Waals surface area contributed by atoms with Gasteiger partial charge in [0.2, 0.25) is 0 Å². The number of nitrogens with zero attached hydrogens (tertiary/aromatic N) is 1. The molecule has 3 heteroatoms. The minimum atomic E-state index is 0.989. The molecule has 0 spiro atoms. The molecule has 0 bridgehead atoms. The number of nitrogens with one attached hydrogen (secondary N) is 1. The van der Waals surface area contributed by atoms with Gasteiger partial charge in [-0.15, -0.1) is 0 Å². The second kappa shape index (κ2) is 3.76. The van der Waals surface area contributed by atoms with E-state index in [0.717, 1.165) is 26.6 Å². The van der Waals surface area contributed by atoms with Crippen molar-refractivity contribution in [1.29, 1.82) is 0 Å². The van der Waals surface area contributed by atoms with Crippen LogP contribution in [0.25, 0.3) is 22.2 Å². The van der Waals surface area contributed by atoms with Crippen LogP contribution in [0.1, 0.15) is 0 Å². The topological polar surface area (TPSA) is 28.7 Å². The van der Waals surface area contributed by atoms with Crippen molar-refractivity contribution in [2.24, 2.45) is 0 Å². The molecule has 0 aliphatic rings. The van der Waals surface area contributed by atoms with Crippen molar-refractivity contribution >= 4 is 26.8 Å². The molecule has 0 aliphatic carbocycles. The molecule has 2 aromatic carbocycles. The zero-order chi connectivity index (χ0) is 11.0. The van der Waals surface area contributed by atoms with Gasteiger partial charge < -0.3 is 0 Å². The molecular weight excluding hydrogens is 264 g/mol. The number of aromatic amines is 1. The highest BCUT2D eigenvalue weighted by atomic mass is 79.9.